The standard InChI is InChI=1S/C36H54Cl2O2S2/c1-2-3-19-26-20-13-11-12-16-24-28(25-18-17-21-26)32-30(36(38)40)34-33(42-32)29(35(37)39)31(41-34)27-22-14-9-7-5-4-6-8-10-15-23-27/h26-28H,2-25H2,1H3. The molecule has 2 fully saturated rings. The molecule has 236 valence electrons. The Balaban J connectivity index is 1.61. The van der Waals surface area contributed by atoms with Gasteiger partial charge in [0.1, 0.15) is 0 Å². The molecule has 2 unspecified atom stereocenters. The molecule has 0 aromatic carbocycles. The van der Waals surface area contributed by atoms with E-state index in [2.05, 4.69) is 6.92 Å². The van der Waals surface area contributed by atoms with Crippen LogP contribution in [-0.2, 0) is 0 Å². The van der Waals surface area contributed by atoms with Gasteiger partial charge in [-0.25, -0.2) is 0 Å². The maximum atomic E-state index is 13.1. The van der Waals surface area contributed by atoms with E-state index in [0.717, 1.165) is 50.8 Å². The molecule has 4 rings (SSSR count). The van der Waals surface area contributed by atoms with Crippen LogP contribution in [0.25, 0.3) is 9.40 Å². The fourth-order valence-corrected chi connectivity index (χ4v) is 11.5. The Morgan fingerprint density at radius 1 is 0.571 bits per heavy atom. The lowest BCUT2D eigenvalue weighted by atomic mass is 9.86. The van der Waals surface area contributed by atoms with E-state index in [1.165, 1.54) is 128 Å². The van der Waals surface area contributed by atoms with Crippen LogP contribution in [0.15, 0.2) is 0 Å². The summed E-state index contributed by atoms with van der Waals surface area (Å²) in [5.74, 6) is 1.56. The lowest BCUT2D eigenvalue weighted by Gasteiger charge is -2.21. The Morgan fingerprint density at radius 2 is 0.905 bits per heavy atom. The second kappa shape index (κ2) is 18.5. The first-order valence-electron chi connectivity index (χ1n) is 17.5. The number of rotatable bonds is 7. The highest BCUT2D eigenvalue weighted by Gasteiger charge is 2.32. The van der Waals surface area contributed by atoms with Crippen LogP contribution < -0.4 is 0 Å². The summed E-state index contributed by atoms with van der Waals surface area (Å²) in [6.45, 7) is 2.30. The molecule has 42 heavy (non-hydrogen) atoms. The maximum absolute atomic E-state index is 13.1. The number of hydrogen-bond donors (Lipinski definition) is 0. The van der Waals surface area contributed by atoms with Crippen LogP contribution in [0.3, 0.4) is 0 Å². The van der Waals surface area contributed by atoms with Gasteiger partial charge in [0.15, 0.2) is 0 Å². The number of fused-ring (bicyclic) bond motifs is 1. The number of thiophene rings is 2. The number of carbonyl (C=O) groups is 2. The molecule has 0 bridgehead atoms. The van der Waals surface area contributed by atoms with Crippen LogP contribution in [0.5, 0.6) is 0 Å². The van der Waals surface area contributed by atoms with Crippen LogP contribution in [0, 0.1) is 5.92 Å². The van der Waals surface area contributed by atoms with Crippen molar-refractivity contribution in [3.8, 4) is 0 Å². The number of unbranched alkanes of at least 4 members (excludes halogenated alkanes) is 1. The van der Waals surface area contributed by atoms with E-state index in [1.807, 2.05) is 0 Å². The molecule has 2 aliphatic carbocycles. The van der Waals surface area contributed by atoms with Gasteiger partial charge < -0.3 is 0 Å². The first-order chi connectivity index (χ1) is 20.5. The highest BCUT2D eigenvalue weighted by Crippen LogP contribution is 2.50. The minimum Gasteiger partial charge on any atom is -0.276 e. The Labute approximate surface area is 273 Å². The fraction of sp³-hybridized carbons (Fsp3) is 0.778. The van der Waals surface area contributed by atoms with Crippen molar-refractivity contribution in [2.24, 2.45) is 5.92 Å². The second-order valence-electron chi connectivity index (χ2n) is 13.3. The van der Waals surface area contributed by atoms with Crippen molar-refractivity contribution in [1.29, 1.82) is 0 Å². The first kappa shape index (κ1) is 34.5. The summed E-state index contributed by atoms with van der Waals surface area (Å²) in [5, 5.41) is -0.720. The number of carbonyl (C=O) groups excluding carboxylic acids is 2. The molecule has 0 radical (unpaired) electrons. The van der Waals surface area contributed by atoms with Crippen molar-refractivity contribution in [3.63, 3.8) is 0 Å². The Hall–Kier alpha value is -0.420. The molecule has 2 aliphatic rings. The van der Waals surface area contributed by atoms with Crippen molar-refractivity contribution in [1.82, 2.24) is 0 Å². The molecule has 6 heteroatoms. The number of halogens is 2. The Morgan fingerprint density at radius 3 is 1.29 bits per heavy atom. The predicted molar refractivity (Wildman–Crippen MR) is 186 cm³/mol. The molecule has 2 nitrogen and oxygen atoms in total. The smallest absolute Gasteiger partial charge is 0.254 e. The average molecular weight is 654 g/mol. The summed E-state index contributed by atoms with van der Waals surface area (Å²) in [6.07, 6.45) is 30.3. The van der Waals surface area contributed by atoms with Crippen molar-refractivity contribution >= 4 is 65.8 Å². The molecule has 0 spiro atoms. The van der Waals surface area contributed by atoms with E-state index in [1.54, 1.807) is 22.7 Å². The van der Waals surface area contributed by atoms with E-state index < -0.39 is 0 Å². The second-order valence-corrected chi connectivity index (χ2v) is 16.1. The van der Waals surface area contributed by atoms with E-state index in [0.29, 0.717) is 23.0 Å². The lowest BCUT2D eigenvalue weighted by Crippen LogP contribution is -2.06. The molecule has 0 saturated heterocycles. The van der Waals surface area contributed by atoms with Gasteiger partial charge in [0.05, 0.1) is 20.5 Å². The van der Waals surface area contributed by atoms with Crippen LogP contribution >= 0.6 is 45.9 Å². The molecule has 0 aliphatic heterocycles. The first-order valence-corrected chi connectivity index (χ1v) is 19.9. The SMILES string of the molecule is CCCCC1CCCCCCC(c2sc3c(C(=O)Cl)c(C4CCCCCCCCCCC4)sc3c2C(=O)Cl)CCCC1. The minimum absolute atomic E-state index is 0.337. The Bertz CT molecular complexity index is 1110. The van der Waals surface area contributed by atoms with Crippen molar-refractivity contribution in [2.45, 2.75) is 173 Å². The quantitative estimate of drug-likeness (QED) is 0.279. The monoisotopic (exact) mass is 652 g/mol. The van der Waals surface area contributed by atoms with Crippen molar-refractivity contribution in [3.05, 3.63) is 20.9 Å². The molecule has 2 aromatic heterocycles. The topological polar surface area (TPSA) is 34.1 Å². The maximum Gasteiger partial charge on any atom is 0.254 e. The van der Waals surface area contributed by atoms with Crippen LogP contribution in [0.1, 0.15) is 203 Å². The van der Waals surface area contributed by atoms with E-state index >= 15 is 0 Å². The van der Waals surface area contributed by atoms with Gasteiger partial charge >= 0.3 is 0 Å². The molecule has 0 amide bonds. The molecular formula is C36H54Cl2O2S2. The van der Waals surface area contributed by atoms with Gasteiger partial charge in [-0.2, -0.15) is 0 Å². The average Bonchev–Trinajstić information content (AvgIpc) is 3.49. The van der Waals surface area contributed by atoms with Gasteiger partial charge in [0.2, 0.25) is 0 Å². The zero-order chi connectivity index (χ0) is 29.7. The normalized spacial score (nSPS) is 23.4. The van der Waals surface area contributed by atoms with Gasteiger partial charge in [0, 0.05) is 9.75 Å². The Kier molecular flexibility index (Phi) is 15.2. The molecule has 2 saturated carbocycles. The summed E-state index contributed by atoms with van der Waals surface area (Å²) >= 11 is 16.1. The van der Waals surface area contributed by atoms with Gasteiger partial charge in [-0.05, 0) is 66.6 Å². The van der Waals surface area contributed by atoms with Crippen LogP contribution in [0.4, 0.5) is 0 Å². The third-order valence-corrected chi connectivity index (χ3v) is 13.4. The van der Waals surface area contributed by atoms with Crippen molar-refractivity contribution in [2.75, 3.05) is 0 Å². The number of hydrogen-bond acceptors (Lipinski definition) is 4. The van der Waals surface area contributed by atoms with Gasteiger partial charge in [-0.15, -0.1) is 22.7 Å². The zero-order valence-electron chi connectivity index (χ0n) is 26.1. The third-order valence-electron chi connectivity index (χ3n) is 10.1. The molecular weight excluding hydrogens is 599 g/mol. The molecule has 0 N–H and O–H groups in total. The van der Waals surface area contributed by atoms with E-state index in [4.69, 9.17) is 23.2 Å². The zero-order valence-corrected chi connectivity index (χ0v) is 29.2. The summed E-state index contributed by atoms with van der Waals surface area (Å²) in [4.78, 5) is 28.4. The van der Waals surface area contributed by atoms with Crippen LogP contribution in [-0.4, -0.2) is 10.5 Å². The van der Waals surface area contributed by atoms with Gasteiger partial charge in [0.25, 0.3) is 10.5 Å². The summed E-state index contributed by atoms with van der Waals surface area (Å²) in [6, 6.07) is 0. The predicted octanol–water partition coefficient (Wildman–Crippen LogP) is 13.9. The summed E-state index contributed by atoms with van der Waals surface area (Å²) in [7, 11) is 0. The molecule has 2 heterocycles. The highest BCUT2D eigenvalue weighted by atomic mass is 35.5. The fourth-order valence-electron chi connectivity index (χ4n) is 7.67. The molecule has 2 atom stereocenters. The molecule has 2 aromatic rings. The largest absolute Gasteiger partial charge is 0.276 e. The van der Waals surface area contributed by atoms with Crippen LogP contribution in [0.2, 0.25) is 0 Å². The van der Waals surface area contributed by atoms with Crippen molar-refractivity contribution < 1.29 is 9.59 Å². The highest BCUT2D eigenvalue weighted by molar-refractivity contribution is 7.29. The van der Waals surface area contributed by atoms with E-state index in [9.17, 15) is 9.59 Å². The minimum atomic E-state index is -0.361. The summed E-state index contributed by atoms with van der Waals surface area (Å²) < 4.78 is 1.87. The van der Waals surface area contributed by atoms with Gasteiger partial charge in [-0.1, -0.05) is 135 Å². The summed E-state index contributed by atoms with van der Waals surface area (Å²) in [5.41, 5.74) is 1.38. The van der Waals surface area contributed by atoms with Gasteiger partial charge in [-0.3, -0.25) is 9.59 Å². The van der Waals surface area contributed by atoms with E-state index in [-0.39, 0.29) is 10.5 Å². The third kappa shape index (κ3) is 9.79. The lowest BCUT2D eigenvalue weighted by molar-refractivity contribution is 0.107.